The van der Waals surface area contributed by atoms with Crippen molar-refractivity contribution < 1.29 is 0 Å². The fourth-order valence-electron chi connectivity index (χ4n) is 1.60. The average Bonchev–Trinajstić information content (AvgIpc) is 2.18. The molecule has 15 heavy (non-hydrogen) atoms. The number of nitrogens with two attached hydrogens (primary N) is 2. The summed E-state index contributed by atoms with van der Waals surface area (Å²) in [6, 6.07) is 6.80. The van der Waals surface area contributed by atoms with Crippen molar-refractivity contribution in [3.05, 3.63) is 34.9 Å². The van der Waals surface area contributed by atoms with Gasteiger partial charge in [-0.05, 0) is 50.3 Å². The minimum absolute atomic E-state index is 0.121. The second kappa shape index (κ2) is 5.29. The highest BCUT2D eigenvalue weighted by Crippen LogP contribution is 2.19. The standard InChI is InChI=1S/C13H22N2/c1-9-4-6-12(8-10(9)2)13(15)7-5-11(3)14/h4,6,8,11,13H,5,7,14-15H2,1-3H3. The van der Waals surface area contributed by atoms with E-state index < -0.39 is 0 Å². The monoisotopic (exact) mass is 206 g/mol. The van der Waals surface area contributed by atoms with Crippen LogP contribution in [0, 0.1) is 13.8 Å². The van der Waals surface area contributed by atoms with Crippen LogP contribution in [0.4, 0.5) is 0 Å². The second-order valence-electron chi connectivity index (χ2n) is 4.50. The van der Waals surface area contributed by atoms with Crippen molar-refractivity contribution in [1.29, 1.82) is 0 Å². The molecule has 0 saturated heterocycles. The lowest BCUT2D eigenvalue weighted by molar-refractivity contribution is 0.555. The van der Waals surface area contributed by atoms with Gasteiger partial charge in [-0.2, -0.15) is 0 Å². The Hall–Kier alpha value is -0.860. The predicted molar refractivity (Wildman–Crippen MR) is 65.7 cm³/mol. The van der Waals surface area contributed by atoms with Gasteiger partial charge in [-0.25, -0.2) is 0 Å². The average molecular weight is 206 g/mol. The summed E-state index contributed by atoms with van der Waals surface area (Å²) in [7, 11) is 0. The van der Waals surface area contributed by atoms with Gasteiger partial charge in [-0.15, -0.1) is 0 Å². The second-order valence-corrected chi connectivity index (χ2v) is 4.50. The molecule has 1 aromatic carbocycles. The van der Waals surface area contributed by atoms with Crippen LogP contribution in [0.1, 0.15) is 42.5 Å². The number of aryl methyl sites for hydroxylation is 2. The molecule has 0 amide bonds. The van der Waals surface area contributed by atoms with Crippen molar-refractivity contribution in [1.82, 2.24) is 0 Å². The van der Waals surface area contributed by atoms with Gasteiger partial charge < -0.3 is 11.5 Å². The van der Waals surface area contributed by atoms with E-state index in [1.807, 2.05) is 6.92 Å². The van der Waals surface area contributed by atoms with Crippen LogP contribution in [0.3, 0.4) is 0 Å². The van der Waals surface area contributed by atoms with Crippen LogP contribution in [0.15, 0.2) is 18.2 Å². The first-order chi connectivity index (χ1) is 7.00. The molecule has 1 aromatic rings. The van der Waals surface area contributed by atoms with Gasteiger partial charge in [-0.1, -0.05) is 18.2 Å². The van der Waals surface area contributed by atoms with Gasteiger partial charge in [0.25, 0.3) is 0 Å². The van der Waals surface area contributed by atoms with E-state index in [-0.39, 0.29) is 12.1 Å². The van der Waals surface area contributed by atoms with Gasteiger partial charge in [0.05, 0.1) is 0 Å². The molecule has 0 spiro atoms. The molecule has 4 N–H and O–H groups in total. The molecule has 0 aliphatic carbocycles. The summed E-state index contributed by atoms with van der Waals surface area (Å²) < 4.78 is 0. The third-order valence-electron chi connectivity index (χ3n) is 2.89. The van der Waals surface area contributed by atoms with Gasteiger partial charge in [0, 0.05) is 12.1 Å². The van der Waals surface area contributed by atoms with Crippen LogP contribution < -0.4 is 11.5 Å². The fourth-order valence-corrected chi connectivity index (χ4v) is 1.60. The normalized spacial score (nSPS) is 15.0. The van der Waals surface area contributed by atoms with Crippen molar-refractivity contribution in [2.45, 2.75) is 45.7 Å². The van der Waals surface area contributed by atoms with E-state index in [1.54, 1.807) is 0 Å². The molecule has 84 valence electrons. The van der Waals surface area contributed by atoms with Crippen molar-refractivity contribution in [3.8, 4) is 0 Å². The Morgan fingerprint density at radius 3 is 2.27 bits per heavy atom. The fraction of sp³-hybridized carbons (Fsp3) is 0.538. The van der Waals surface area contributed by atoms with Crippen molar-refractivity contribution >= 4 is 0 Å². The molecule has 2 heteroatoms. The first-order valence-corrected chi connectivity index (χ1v) is 5.59. The van der Waals surface area contributed by atoms with Crippen LogP contribution in [0.5, 0.6) is 0 Å². The van der Waals surface area contributed by atoms with Gasteiger partial charge in [-0.3, -0.25) is 0 Å². The Morgan fingerprint density at radius 2 is 1.73 bits per heavy atom. The van der Waals surface area contributed by atoms with E-state index in [4.69, 9.17) is 11.5 Å². The minimum Gasteiger partial charge on any atom is -0.328 e. The van der Waals surface area contributed by atoms with Crippen LogP contribution in [-0.2, 0) is 0 Å². The third kappa shape index (κ3) is 3.65. The Labute approximate surface area is 92.7 Å². The maximum Gasteiger partial charge on any atom is 0.0295 e. The van der Waals surface area contributed by atoms with E-state index in [2.05, 4.69) is 32.0 Å². The molecule has 0 radical (unpaired) electrons. The number of hydrogen-bond donors (Lipinski definition) is 2. The first-order valence-electron chi connectivity index (χ1n) is 5.59. The Kier molecular flexibility index (Phi) is 4.30. The van der Waals surface area contributed by atoms with Crippen molar-refractivity contribution in [2.24, 2.45) is 11.5 Å². The molecular weight excluding hydrogens is 184 g/mol. The van der Waals surface area contributed by atoms with Gasteiger partial charge >= 0.3 is 0 Å². The Bertz CT molecular complexity index is 318. The summed E-state index contributed by atoms with van der Waals surface area (Å²) in [5, 5.41) is 0. The van der Waals surface area contributed by atoms with Gasteiger partial charge in [0.15, 0.2) is 0 Å². The van der Waals surface area contributed by atoms with Gasteiger partial charge in [0.2, 0.25) is 0 Å². The van der Waals surface area contributed by atoms with Crippen LogP contribution in [0.2, 0.25) is 0 Å². The zero-order valence-electron chi connectivity index (χ0n) is 9.96. The summed E-state index contributed by atoms with van der Waals surface area (Å²) in [6.07, 6.45) is 1.94. The van der Waals surface area contributed by atoms with Crippen LogP contribution >= 0.6 is 0 Å². The summed E-state index contributed by atoms with van der Waals surface area (Å²) in [5.41, 5.74) is 15.7. The number of rotatable bonds is 4. The molecule has 0 saturated carbocycles. The van der Waals surface area contributed by atoms with E-state index in [1.165, 1.54) is 16.7 Å². The minimum atomic E-state index is 0.121. The number of benzene rings is 1. The first kappa shape index (κ1) is 12.2. The maximum atomic E-state index is 6.11. The zero-order chi connectivity index (χ0) is 11.4. The lowest BCUT2D eigenvalue weighted by atomic mass is 9.97. The van der Waals surface area contributed by atoms with E-state index >= 15 is 0 Å². The topological polar surface area (TPSA) is 52.0 Å². The van der Waals surface area contributed by atoms with Gasteiger partial charge in [0.1, 0.15) is 0 Å². The highest BCUT2D eigenvalue weighted by molar-refractivity contribution is 5.31. The smallest absolute Gasteiger partial charge is 0.0295 e. The molecule has 0 aromatic heterocycles. The third-order valence-corrected chi connectivity index (χ3v) is 2.89. The van der Waals surface area contributed by atoms with E-state index in [0.717, 1.165) is 12.8 Å². The molecule has 0 aliphatic rings. The lowest BCUT2D eigenvalue weighted by Crippen LogP contribution is -2.19. The van der Waals surface area contributed by atoms with E-state index in [9.17, 15) is 0 Å². The SMILES string of the molecule is Cc1ccc(C(N)CCC(C)N)cc1C. The summed E-state index contributed by atoms with van der Waals surface area (Å²) in [6.45, 7) is 6.26. The largest absolute Gasteiger partial charge is 0.328 e. The highest BCUT2D eigenvalue weighted by atomic mass is 14.6. The van der Waals surface area contributed by atoms with Crippen LogP contribution in [0.25, 0.3) is 0 Å². The van der Waals surface area contributed by atoms with Crippen LogP contribution in [-0.4, -0.2) is 6.04 Å². The Balaban J connectivity index is 2.65. The molecule has 0 heterocycles. The molecule has 2 unspecified atom stereocenters. The molecule has 1 rings (SSSR count). The molecule has 0 bridgehead atoms. The Morgan fingerprint density at radius 1 is 1.07 bits per heavy atom. The quantitative estimate of drug-likeness (QED) is 0.795. The highest BCUT2D eigenvalue weighted by Gasteiger charge is 2.07. The lowest BCUT2D eigenvalue weighted by Gasteiger charge is -2.14. The molecule has 2 atom stereocenters. The molecule has 0 aliphatic heterocycles. The molecular formula is C13H22N2. The summed E-state index contributed by atoms with van der Waals surface area (Å²) in [5.74, 6) is 0. The van der Waals surface area contributed by atoms with E-state index in [0.29, 0.717) is 0 Å². The maximum absolute atomic E-state index is 6.11. The number of hydrogen-bond acceptors (Lipinski definition) is 2. The predicted octanol–water partition coefficient (Wildman–Crippen LogP) is 2.43. The molecule has 2 nitrogen and oxygen atoms in total. The molecule has 0 fully saturated rings. The summed E-state index contributed by atoms with van der Waals surface area (Å²) in [4.78, 5) is 0. The van der Waals surface area contributed by atoms with Crippen molar-refractivity contribution in [2.75, 3.05) is 0 Å². The summed E-state index contributed by atoms with van der Waals surface area (Å²) >= 11 is 0. The van der Waals surface area contributed by atoms with Crippen molar-refractivity contribution in [3.63, 3.8) is 0 Å². The zero-order valence-corrected chi connectivity index (χ0v) is 9.96.